The van der Waals surface area contributed by atoms with Gasteiger partial charge in [-0.05, 0) is 53.6 Å². The minimum absolute atomic E-state index is 0.0891. The van der Waals surface area contributed by atoms with E-state index in [2.05, 4.69) is 10.1 Å². The molecule has 2 aromatic carbocycles. The zero-order chi connectivity index (χ0) is 24.6. The van der Waals surface area contributed by atoms with E-state index in [1.165, 1.54) is 54.5 Å². The van der Waals surface area contributed by atoms with Gasteiger partial charge >= 0.3 is 0 Å². The average molecular weight is 492 g/mol. The Hall–Kier alpha value is -4.31. The summed E-state index contributed by atoms with van der Waals surface area (Å²) in [7, 11) is -2.22. The lowest BCUT2D eigenvalue weighted by atomic mass is 10.1. The molecule has 0 fully saturated rings. The van der Waals surface area contributed by atoms with E-state index in [1.54, 1.807) is 36.4 Å². The minimum atomic E-state index is -3.70. The summed E-state index contributed by atoms with van der Waals surface area (Å²) in [4.78, 5) is 16.7. The minimum Gasteiger partial charge on any atom is -0.495 e. The Morgan fingerprint density at radius 2 is 1.83 bits per heavy atom. The Labute approximate surface area is 199 Å². The van der Waals surface area contributed by atoms with E-state index in [9.17, 15) is 17.6 Å². The number of hydrogen-bond acceptors (Lipinski definition) is 7. The Morgan fingerprint density at radius 1 is 1.00 bits per heavy atom. The van der Waals surface area contributed by atoms with Crippen molar-refractivity contribution in [2.75, 3.05) is 7.11 Å². The molecule has 0 saturated heterocycles. The molecule has 8 nitrogen and oxygen atoms in total. The standard InChI is InChI=1S/C25H18FN3O5S/c1-33-23-6-2-16(17-8-10-27-24(26)14-17)13-22(23)29-21-5-4-20(12-18(21)3-7-25(29)30)35(31,32)15-19-9-11-34-28-19/h2-14H,15H2,1H3. The first-order valence-electron chi connectivity index (χ1n) is 10.4. The largest absolute Gasteiger partial charge is 0.495 e. The predicted octanol–water partition coefficient (Wildman–Crippen LogP) is 4.16. The number of halogens is 1. The number of rotatable bonds is 6. The summed E-state index contributed by atoms with van der Waals surface area (Å²) in [6, 6.07) is 17.0. The molecule has 0 aliphatic carbocycles. The number of methoxy groups -OCH3 is 1. The first kappa shape index (κ1) is 22.5. The highest BCUT2D eigenvalue weighted by atomic mass is 32.2. The predicted molar refractivity (Wildman–Crippen MR) is 127 cm³/mol. The Kier molecular flexibility index (Phi) is 5.65. The van der Waals surface area contributed by atoms with Crippen LogP contribution in [0.15, 0.2) is 93.4 Å². The number of ether oxygens (including phenoxy) is 1. The molecule has 0 bridgehead atoms. The van der Waals surface area contributed by atoms with E-state index in [0.717, 1.165) is 0 Å². The summed E-state index contributed by atoms with van der Waals surface area (Å²) >= 11 is 0. The summed E-state index contributed by atoms with van der Waals surface area (Å²) in [6.45, 7) is 0. The number of sulfone groups is 1. The summed E-state index contributed by atoms with van der Waals surface area (Å²) in [5.74, 6) is -0.519. The lowest BCUT2D eigenvalue weighted by molar-refractivity contribution is 0.413. The van der Waals surface area contributed by atoms with Gasteiger partial charge < -0.3 is 9.26 Å². The third kappa shape index (κ3) is 4.31. The summed E-state index contributed by atoms with van der Waals surface area (Å²) in [5.41, 5.74) is 2.09. The van der Waals surface area contributed by atoms with Crippen molar-refractivity contribution in [1.82, 2.24) is 14.7 Å². The topological polar surface area (TPSA) is 104 Å². The van der Waals surface area contributed by atoms with Gasteiger partial charge in [-0.25, -0.2) is 13.4 Å². The molecule has 0 aliphatic heterocycles. The Bertz CT molecular complexity index is 1710. The normalized spacial score (nSPS) is 11.6. The highest BCUT2D eigenvalue weighted by Gasteiger charge is 2.19. The molecule has 3 aromatic heterocycles. The molecular weight excluding hydrogens is 473 g/mol. The van der Waals surface area contributed by atoms with Crippen LogP contribution >= 0.6 is 0 Å². The second kappa shape index (κ2) is 8.80. The van der Waals surface area contributed by atoms with Crippen molar-refractivity contribution in [3.63, 3.8) is 0 Å². The molecule has 35 heavy (non-hydrogen) atoms. The van der Waals surface area contributed by atoms with Gasteiger partial charge in [0.15, 0.2) is 9.84 Å². The fraction of sp³-hybridized carbons (Fsp3) is 0.0800. The molecule has 0 amide bonds. The van der Waals surface area contributed by atoms with Crippen molar-refractivity contribution >= 4 is 20.7 Å². The highest BCUT2D eigenvalue weighted by Crippen LogP contribution is 2.31. The van der Waals surface area contributed by atoms with Crippen LogP contribution in [0.3, 0.4) is 0 Å². The Morgan fingerprint density at radius 3 is 2.57 bits per heavy atom. The molecule has 0 N–H and O–H groups in total. The van der Waals surface area contributed by atoms with Crippen LogP contribution in [0.1, 0.15) is 5.69 Å². The van der Waals surface area contributed by atoms with Crippen molar-refractivity contribution < 1.29 is 22.1 Å². The molecule has 3 heterocycles. The first-order valence-corrected chi connectivity index (χ1v) is 12.1. The van der Waals surface area contributed by atoms with Crippen molar-refractivity contribution in [1.29, 1.82) is 0 Å². The molecule has 5 aromatic rings. The molecular formula is C25H18FN3O5S. The number of pyridine rings is 2. The molecule has 0 atom stereocenters. The molecule has 0 spiro atoms. The van der Waals surface area contributed by atoms with E-state index in [0.29, 0.717) is 39.2 Å². The SMILES string of the molecule is COc1ccc(-c2ccnc(F)c2)cc1-n1c(=O)ccc2cc(S(=O)(=O)Cc3ccon3)ccc21. The second-order valence-corrected chi connectivity index (χ2v) is 9.72. The van der Waals surface area contributed by atoms with Crippen LogP contribution < -0.4 is 10.3 Å². The summed E-state index contributed by atoms with van der Waals surface area (Å²) in [5, 5.41) is 4.21. The van der Waals surface area contributed by atoms with Gasteiger partial charge in [-0.15, -0.1) is 0 Å². The molecule has 0 radical (unpaired) electrons. The number of aromatic nitrogens is 3. The number of nitrogens with zero attached hydrogens (tertiary/aromatic N) is 3. The molecule has 5 rings (SSSR count). The van der Waals surface area contributed by atoms with Gasteiger partial charge in [-0.2, -0.15) is 4.39 Å². The van der Waals surface area contributed by atoms with Gasteiger partial charge in [-0.1, -0.05) is 11.2 Å². The lowest BCUT2D eigenvalue weighted by Gasteiger charge is -2.16. The van der Waals surface area contributed by atoms with Crippen LogP contribution in [-0.4, -0.2) is 30.2 Å². The maximum Gasteiger partial charge on any atom is 0.255 e. The van der Waals surface area contributed by atoms with Crippen molar-refractivity contribution in [3.05, 3.63) is 101 Å². The van der Waals surface area contributed by atoms with Gasteiger partial charge in [-0.3, -0.25) is 9.36 Å². The van der Waals surface area contributed by atoms with Gasteiger partial charge in [0.05, 0.1) is 28.9 Å². The van der Waals surface area contributed by atoms with E-state index in [4.69, 9.17) is 9.26 Å². The summed E-state index contributed by atoms with van der Waals surface area (Å²) < 4.78 is 51.1. The van der Waals surface area contributed by atoms with Crippen LogP contribution in [0.5, 0.6) is 5.75 Å². The third-order valence-corrected chi connectivity index (χ3v) is 7.18. The van der Waals surface area contributed by atoms with Crippen molar-refractivity contribution in [2.45, 2.75) is 10.6 Å². The molecule has 10 heteroatoms. The smallest absolute Gasteiger partial charge is 0.255 e. The first-order chi connectivity index (χ1) is 16.9. The molecule has 176 valence electrons. The van der Waals surface area contributed by atoms with Crippen LogP contribution in [0.2, 0.25) is 0 Å². The van der Waals surface area contributed by atoms with Crippen molar-refractivity contribution in [3.8, 4) is 22.6 Å². The number of fused-ring (bicyclic) bond motifs is 1. The monoisotopic (exact) mass is 491 g/mol. The average Bonchev–Trinajstić information content (AvgIpc) is 3.35. The van der Waals surface area contributed by atoms with E-state index < -0.39 is 15.8 Å². The van der Waals surface area contributed by atoms with Gasteiger partial charge in [0, 0.05) is 29.8 Å². The molecule has 0 unspecified atom stereocenters. The van der Waals surface area contributed by atoms with Gasteiger partial charge in [0.1, 0.15) is 17.8 Å². The fourth-order valence-corrected chi connectivity index (χ4v) is 5.17. The lowest BCUT2D eigenvalue weighted by Crippen LogP contribution is -2.18. The quantitative estimate of drug-likeness (QED) is 0.329. The van der Waals surface area contributed by atoms with Gasteiger partial charge in [0.25, 0.3) is 5.56 Å². The van der Waals surface area contributed by atoms with Crippen LogP contribution in [0.4, 0.5) is 4.39 Å². The number of hydrogen-bond donors (Lipinski definition) is 0. The van der Waals surface area contributed by atoms with Crippen molar-refractivity contribution in [2.24, 2.45) is 0 Å². The zero-order valence-electron chi connectivity index (χ0n) is 18.4. The number of benzene rings is 2. The van der Waals surface area contributed by atoms with Gasteiger partial charge in [0.2, 0.25) is 5.95 Å². The van der Waals surface area contributed by atoms with Crippen LogP contribution in [-0.2, 0) is 15.6 Å². The van der Waals surface area contributed by atoms with Crippen LogP contribution in [0, 0.1) is 5.95 Å². The van der Waals surface area contributed by atoms with E-state index >= 15 is 0 Å². The molecule has 0 aliphatic rings. The highest BCUT2D eigenvalue weighted by molar-refractivity contribution is 7.90. The maximum absolute atomic E-state index is 13.7. The zero-order valence-corrected chi connectivity index (χ0v) is 19.2. The second-order valence-electron chi connectivity index (χ2n) is 7.73. The third-order valence-electron chi connectivity index (χ3n) is 5.53. The van der Waals surface area contributed by atoms with E-state index in [1.807, 2.05) is 0 Å². The van der Waals surface area contributed by atoms with E-state index in [-0.39, 0.29) is 16.2 Å². The molecule has 0 saturated carbocycles. The van der Waals surface area contributed by atoms with Crippen LogP contribution in [0.25, 0.3) is 27.7 Å². The summed E-state index contributed by atoms with van der Waals surface area (Å²) in [6.07, 6.45) is 2.67. The maximum atomic E-state index is 13.7. The fourth-order valence-electron chi connectivity index (χ4n) is 3.88. The Balaban J connectivity index is 1.66.